The molecule has 0 bridgehead atoms. The van der Waals surface area contributed by atoms with Gasteiger partial charge in [0.25, 0.3) is 0 Å². The molecule has 1 aromatic carbocycles. The summed E-state index contributed by atoms with van der Waals surface area (Å²) in [5, 5.41) is 0.575. The summed E-state index contributed by atoms with van der Waals surface area (Å²) in [6, 6.07) is 0. The molecule has 1 aromatic rings. The second-order valence-corrected chi connectivity index (χ2v) is 5.49. The second kappa shape index (κ2) is 4.69. The van der Waals surface area contributed by atoms with E-state index in [0.717, 1.165) is 17.2 Å². The van der Waals surface area contributed by atoms with Crippen LogP contribution in [0, 0.1) is 20.8 Å². The zero-order valence-electron chi connectivity index (χ0n) is 11.8. The van der Waals surface area contributed by atoms with Crippen LogP contribution in [0.15, 0.2) is 6.08 Å². The van der Waals surface area contributed by atoms with Crippen molar-refractivity contribution < 1.29 is 17.9 Å². The minimum Gasteiger partial charge on any atom is -0.473 e. The van der Waals surface area contributed by atoms with Gasteiger partial charge in [0.1, 0.15) is 5.75 Å². The zero-order valence-corrected chi connectivity index (χ0v) is 12.5. The van der Waals surface area contributed by atoms with Gasteiger partial charge in [-0.3, -0.25) is 0 Å². The van der Waals surface area contributed by atoms with Gasteiger partial charge in [-0.05, 0) is 50.0 Å². The van der Waals surface area contributed by atoms with Crippen molar-refractivity contribution in [1.82, 2.24) is 0 Å². The molecule has 2 rings (SSSR count). The van der Waals surface area contributed by atoms with E-state index in [1.54, 1.807) is 20.8 Å². The third-order valence-electron chi connectivity index (χ3n) is 4.02. The predicted molar refractivity (Wildman–Crippen MR) is 74.4 cm³/mol. The topological polar surface area (TPSA) is 9.23 Å². The van der Waals surface area contributed by atoms with Gasteiger partial charge in [0, 0.05) is 10.6 Å². The van der Waals surface area contributed by atoms with E-state index in [9.17, 15) is 13.2 Å². The van der Waals surface area contributed by atoms with Crippen LogP contribution in [-0.2, 0) is 0 Å². The van der Waals surface area contributed by atoms with E-state index >= 15 is 0 Å². The van der Waals surface area contributed by atoms with Gasteiger partial charge in [0.05, 0.1) is 0 Å². The molecule has 0 aromatic heterocycles. The van der Waals surface area contributed by atoms with E-state index in [1.807, 2.05) is 0 Å². The number of ether oxygens (including phenoxy) is 1. The molecule has 1 atom stereocenters. The second-order valence-electron chi connectivity index (χ2n) is 5.11. The van der Waals surface area contributed by atoms with Gasteiger partial charge in [0.2, 0.25) is 5.60 Å². The molecule has 0 saturated carbocycles. The van der Waals surface area contributed by atoms with Crippen molar-refractivity contribution in [3.63, 3.8) is 0 Å². The maximum atomic E-state index is 13.3. The van der Waals surface area contributed by atoms with Crippen molar-refractivity contribution >= 4 is 17.7 Å². The average molecular weight is 305 g/mol. The van der Waals surface area contributed by atoms with E-state index in [-0.39, 0.29) is 12.2 Å². The minimum atomic E-state index is -4.45. The molecule has 0 spiro atoms. The lowest BCUT2D eigenvalue weighted by Crippen LogP contribution is -2.49. The lowest BCUT2D eigenvalue weighted by Gasteiger charge is -2.37. The average Bonchev–Trinajstić information content (AvgIpc) is 2.40. The Labute approximate surface area is 121 Å². The maximum absolute atomic E-state index is 13.3. The first kappa shape index (κ1) is 15.2. The Kier molecular flexibility index (Phi) is 3.57. The first-order valence-electron chi connectivity index (χ1n) is 6.39. The lowest BCUT2D eigenvalue weighted by atomic mass is 9.90. The molecule has 20 heavy (non-hydrogen) atoms. The molecular weight excluding hydrogens is 289 g/mol. The van der Waals surface area contributed by atoms with Gasteiger partial charge in [-0.1, -0.05) is 24.6 Å². The first-order chi connectivity index (χ1) is 9.14. The molecule has 1 unspecified atom stereocenters. The van der Waals surface area contributed by atoms with Crippen molar-refractivity contribution in [3.05, 3.63) is 33.4 Å². The first-order valence-corrected chi connectivity index (χ1v) is 6.76. The molecule has 1 heterocycles. The SMILES string of the molecule is CCC1(C(F)(F)F)C=Cc2c(C)c(Cl)c(C)c(C)c2O1. The van der Waals surface area contributed by atoms with E-state index in [2.05, 4.69) is 0 Å². The molecule has 110 valence electrons. The Morgan fingerprint density at radius 1 is 1.15 bits per heavy atom. The van der Waals surface area contributed by atoms with Crippen LogP contribution >= 0.6 is 11.6 Å². The Hall–Kier alpha value is -1.16. The van der Waals surface area contributed by atoms with Crippen LogP contribution in [0.2, 0.25) is 5.02 Å². The van der Waals surface area contributed by atoms with Crippen molar-refractivity contribution in [2.75, 3.05) is 0 Å². The van der Waals surface area contributed by atoms with Crippen LogP contribution in [0.1, 0.15) is 35.6 Å². The number of fused-ring (bicyclic) bond motifs is 1. The fourth-order valence-electron chi connectivity index (χ4n) is 2.42. The van der Waals surface area contributed by atoms with Crippen LogP contribution in [0.25, 0.3) is 6.08 Å². The molecule has 0 fully saturated rings. The van der Waals surface area contributed by atoms with E-state index < -0.39 is 11.8 Å². The molecule has 0 aliphatic carbocycles. The number of benzene rings is 1. The molecule has 1 nitrogen and oxygen atoms in total. The molecule has 0 N–H and O–H groups in total. The summed E-state index contributed by atoms with van der Waals surface area (Å²) in [6.45, 7) is 6.77. The van der Waals surface area contributed by atoms with Crippen LogP contribution < -0.4 is 4.74 Å². The predicted octanol–water partition coefficient (Wildman–Crippen LogP) is 5.38. The van der Waals surface area contributed by atoms with E-state index in [4.69, 9.17) is 16.3 Å². The van der Waals surface area contributed by atoms with E-state index in [1.165, 1.54) is 13.0 Å². The molecule has 0 radical (unpaired) electrons. The summed E-state index contributed by atoms with van der Waals surface area (Å²) in [4.78, 5) is 0. The Balaban J connectivity index is 2.68. The highest BCUT2D eigenvalue weighted by Gasteiger charge is 2.55. The minimum absolute atomic E-state index is 0.174. The van der Waals surface area contributed by atoms with Crippen LogP contribution in [0.4, 0.5) is 13.2 Å². The third kappa shape index (κ3) is 2.01. The summed E-state index contributed by atoms with van der Waals surface area (Å²) < 4.78 is 45.3. The zero-order chi connectivity index (χ0) is 15.3. The molecule has 1 aliphatic rings. The molecular formula is C15H16ClF3O. The maximum Gasteiger partial charge on any atom is 0.432 e. The van der Waals surface area contributed by atoms with Gasteiger partial charge >= 0.3 is 6.18 Å². The van der Waals surface area contributed by atoms with Crippen LogP contribution in [-0.4, -0.2) is 11.8 Å². The number of hydrogen-bond donors (Lipinski definition) is 0. The van der Waals surface area contributed by atoms with E-state index in [0.29, 0.717) is 16.1 Å². The monoisotopic (exact) mass is 304 g/mol. The number of alkyl halides is 3. The van der Waals surface area contributed by atoms with Crippen LogP contribution in [0.5, 0.6) is 5.75 Å². The summed E-state index contributed by atoms with van der Waals surface area (Å²) in [6.07, 6.45) is -2.06. The van der Waals surface area contributed by atoms with Gasteiger partial charge in [-0.2, -0.15) is 13.2 Å². The van der Waals surface area contributed by atoms with Crippen molar-refractivity contribution in [2.24, 2.45) is 0 Å². The highest BCUT2D eigenvalue weighted by atomic mass is 35.5. The standard InChI is InChI=1S/C15H16ClF3O/c1-5-14(15(17,18)19)7-6-11-10(4)12(16)8(2)9(3)13(11)20-14/h6-7H,5H2,1-4H3. The molecule has 0 amide bonds. The fraction of sp³-hybridized carbons (Fsp3) is 0.467. The Morgan fingerprint density at radius 3 is 2.25 bits per heavy atom. The van der Waals surface area contributed by atoms with Crippen molar-refractivity contribution in [3.8, 4) is 5.75 Å². The number of hydrogen-bond acceptors (Lipinski definition) is 1. The smallest absolute Gasteiger partial charge is 0.432 e. The van der Waals surface area contributed by atoms with Crippen LogP contribution in [0.3, 0.4) is 0 Å². The quantitative estimate of drug-likeness (QED) is 0.676. The summed E-state index contributed by atoms with van der Waals surface area (Å²) in [7, 11) is 0. The molecule has 1 aliphatic heterocycles. The number of rotatable bonds is 1. The molecule has 0 saturated heterocycles. The summed E-state index contributed by atoms with van der Waals surface area (Å²) in [5.74, 6) is 0.283. The Bertz CT molecular complexity index is 590. The lowest BCUT2D eigenvalue weighted by molar-refractivity contribution is -0.230. The van der Waals surface area contributed by atoms with Gasteiger partial charge in [-0.15, -0.1) is 0 Å². The Morgan fingerprint density at radius 2 is 1.75 bits per heavy atom. The normalized spacial score (nSPS) is 21.6. The van der Waals surface area contributed by atoms with Gasteiger partial charge in [0.15, 0.2) is 0 Å². The summed E-state index contributed by atoms with van der Waals surface area (Å²) in [5.41, 5.74) is 0.532. The third-order valence-corrected chi connectivity index (χ3v) is 4.59. The number of halogens is 4. The fourth-order valence-corrected chi connectivity index (χ4v) is 2.66. The summed E-state index contributed by atoms with van der Waals surface area (Å²) >= 11 is 6.20. The van der Waals surface area contributed by atoms with Gasteiger partial charge < -0.3 is 4.74 Å². The van der Waals surface area contributed by atoms with Crippen molar-refractivity contribution in [2.45, 2.75) is 45.9 Å². The highest BCUT2D eigenvalue weighted by molar-refractivity contribution is 6.32. The largest absolute Gasteiger partial charge is 0.473 e. The van der Waals surface area contributed by atoms with Crippen molar-refractivity contribution in [1.29, 1.82) is 0 Å². The van der Waals surface area contributed by atoms with Gasteiger partial charge in [-0.25, -0.2) is 0 Å². The highest BCUT2D eigenvalue weighted by Crippen LogP contribution is 2.47. The molecule has 5 heteroatoms.